The Morgan fingerprint density at radius 2 is 2.21 bits per heavy atom. The third-order valence-electron chi connectivity index (χ3n) is 5.91. The van der Waals surface area contributed by atoms with Crippen molar-refractivity contribution in [2.45, 2.75) is 49.9 Å². The standard InChI is InChI=1S/C19H23N5O3S/c20-9-12-3-1-5-22(12)18(26)15(21)11-23-13-7-16(19(23)27)24(10-13)17(25)8-14-4-2-6-28-14/h2,4,6,12-13,15-16H,1,3,5,7-8,10-11,21H2/t12-,13-,15-,16-/m0/s1. The summed E-state index contributed by atoms with van der Waals surface area (Å²) >= 11 is 1.53. The minimum absolute atomic E-state index is 0.0303. The maximum Gasteiger partial charge on any atom is 0.245 e. The zero-order chi connectivity index (χ0) is 19.8. The van der Waals surface area contributed by atoms with Crippen LogP contribution in [0, 0.1) is 11.3 Å². The summed E-state index contributed by atoms with van der Waals surface area (Å²) in [5.74, 6) is -0.431. The van der Waals surface area contributed by atoms with E-state index >= 15 is 0 Å². The van der Waals surface area contributed by atoms with Crippen molar-refractivity contribution >= 4 is 29.1 Å². The second-order valence-electron chi connectivity index (χ2n) is 7.62. The second kappa shape index (κ2) is 7.53. The van der Waals surface area contributed by atoms with Gasteiger partial charge < -0.3 is 20.4 Å². The van der Waals surface area contributed by atoms with E-state index in [1.807, 2.05) is 17.5 Å². The predicted octanol–water partition coefficient (Wildman–Crippen LogP) is -0.0558. The van der Waals surface area contributed by atoms with Crippen LogP contribution in [0.25, 0.3) is 0 Å². The predicted molar refractivity (Wildman–Crippen MR) is 102 cm³/mol. The second-order valence-corrected chi connectivity index (χ2v) is 8.66. The average Bonchev–Trinajstić information content (AvgIpc) is 3.46. The Bertz CT molecular complexity index is 820. The van der Waals surface area contributed by atoms with E-state index in [1.54, 1.807) is 9.80 Å². The third-order valence-corrected chi connectivity index (χ3v) is 6.79. The van der Waals surface area contributed by atoms with Crippen LogP contribution in [0.3, 0.4) is 0 Å². The number of rotatable bonds is 5. The lowest BCUT2D eigenvalue weighted by Crippen LogP contribution is -2.57. The van der Waals surface area contributed by atoms with Gasteiger partial charge >= 0.3 is 0 Å². The number of thiophene rings is 1. The molecule has 0 aliphatic carbocycles. The number of likely N-dealkylation sites (tertiary alicyclic amines) is 3. The molecule has 8 nitrogen and oxygen atoms in total. The normalized spacial score (nSPS) is 27.4. The molecule has 1 aromatic rings. The monoisotopic (exact) mass is 401 g/mol. The Labute approximate surface area is 167 Å². The van der Waals surface area contributed by atoms with Gasteiger partial charge in [-0.2, -0.15) is 5.26 Å². The molecule has 0 unspecified atom stereocenters. The molecule has 3 amide bonds. The van der Waals surface area contributed by atoms with Gasteiger partial charge in [0, 0.05) is 24.5 Å². The number of carbonyl (C=O) groups is 3. The Kier molecular flexibility index (Phi) is 5.08. The summed E-state index contributed by atoms with van der Waals surface area (Å²) in [6, 6.07) is 4.17. The van der Waals surface area contributed by atoms with Crippen molar-refractivity contribution in [2.24, 2.45) is 5.73 Å². The quantitative estimate of drug-likeness (QED) is 0.743. The van der Waals surface area contributed by atoms with E-state index in [9.17, 15) is 14.4 Å². The molecule has 3 aliphatic heterocycles. The molecule has 4 rings (SSSR count). The van der Waals surface area contributed by atoms with Gasteiger partial charge in [-0.15, -0.1) is 11.3 Å². The third kappa shape index (κ3) is 3.27. The minimum Gasteiger partial charge on any atom is -0.334 e. The van der Waals surface area contributed by atoms with E-state index in [2.05, 4.69) is 6.07 Å². The van der Waals surface area contributed by atoms with Crippen LogP contribution in [0.15, 0.2) is 17.5 Å². The smallest absolute Gasteiger partial charge is 0.245 e. The molecule has 0 radical (unpaired) electrons. The first kappa shape index (κ1) is 18.9. The average molecular weight is 401 g/mol. The zero-order valence-electron chi connectivity index (χ0n) is 15.5. The van der Waals surface area contributed by atoms with Crippen LogP contribution in [0.4, 0.5) is 0 Å². The van der Waals surface area contributed by atoms with Gasteiger partial charge in [0.05, 0.1) is 18.5 Å². The van der Waals surface area contributed by atoms with E-state index in [0.717, 1.165) is 11.3 Å². The summed E-state index contributed by atoms with van der Waals surface area (Å²) in [5, 5.41) is 11.1. The molecule has 148 valence electrons. The Balaban J connectivity index is 1.36. The molecule has 28 heavy (non-hydrogen) atoms. The molecule has 4 atom stereocenters. The van der Waals surface area contributed by atoms with Crippen molar-refractivity contribution in [3.63, 3.8) is 0 Å². The summed E-state index contributed by atoms with van der Waals surface area (Å²) in [7, 11) is 0. The van der Waals surface area contributed by atoms with Gasteiger partial charge in [0.15, 0.2) is 0 Å². The molecule has 3 saturated heterocycles. The van der Waals surface area contributed by atoms with Crippen molar-refractivity contribution in [3.05, 3.63) is 22.4 Å². The van der Waals surface area contributed by atoms with Gasteiger partial charge in [-0.1, -0.05) is 6.07 Å². The van der Waals surface area contributed by atoms with E-state index in [0.29, 0.717) is 32.4 Å². The molecule has 0 saturated carbocycles. The lowest BCUT2D eigenvalue weighted by molar-refractivity contribution is -0.146. The first-order chi connectivity index (χ1) is 13.5. The Morgan fingerprint density at radius 1 is 1.39 bits per heavy atom. The van der Waals surface area contributed by atoms with Crippen LogP contribution in [0.2, 0.25) is 0 Å². The number of piperazine rings is 1. The number of nitriles is 1. The molecular formula is C19H23N5O3S. The van der Waals surface area contributed by atoms with Gasteiger partial charge in [0.2, 0.25) is 17.7 Å². The fourth-order valence-electron chi connectivity index (χ4n) is 4.49. The highest BCUT2D eigenvalue weighted by Gasteiger charge is 2.51. The first-order valence-corrected chi connectivity index (χ1v) is 10.5. The highest BCUT2D eigenvalue weighted by atomic mass is 32.1. The summed E-state index contributed by atoms with van der Waals surface area (Å²) in [6.45, 7) is 1.17. The van der Waals surface area contributed by atoms with E-state index in [1.165, 1.54) is 16.2 Å². The van der Waals surface area contributed by atoms with Gasteiger partial charge in [0.1, 0.15) is 18.1 Å². The highest BCUT2D eigenvalue weighted by Crippen LogP contribution is 2.32. The Morgan fingerprint density at radius 3 is 2.89 bits per heavy atom. The molecular weight excluding hydrogens is 378 g/mol. The molecule has 3 aliphatic rings. The maximum absolute atomic E-state index is 12.8. The van der Waals surface area contributed by atoms with Crippen LogP contribution in [-0.4, -0.2) is 76.2 Å². The van der Waals surface area contributed by atoms with Gasteiger partial charge in [-0.3, -0.25) is 14.4 Å². The van der Waals surface area contributed by atoms with Gasteiger partial charge in [-0.05, 0) is 30.7 Å². The lowest BCUT2D eigenvalue weighted by Gasteiger charge is -2.35. The summed E-state index contributed by atoms with van der Waals surface area (Å²) in [6.07, 6.45) is 2.38. The fourth-order valence-corrected chi connectivity index (χ4v) is 5.19. The lowest BCUT2D eigenvalue weighted by atomic mass is 10.2. The van der Waals surface area contributed by atoms with Gasteiger partial charge in [0.25, 0.3) is 0 Å². The molecule has 2 bridgehead atoms. The van der Waals surface area contributed by atoms with Crippen molar-refractivity contribution in [1.82, 2.24) is 14.7 Å². The number of hydrogen-bond donors (Lipinski definition) is 1. The number of nitrogens with zero attached hydrogens (tertiary/aromatic N) is 4. The van der Waals surface area contributed by atoms with Crippen LogP contribution < -0.4 is 5.73 Å². The maximum atomic E-state index is 12.8. The fraction of sp³-hybridized carbons (Fsp3) is 0.579. The minimum atomic E-state index is -0.840. The first-order valence-electron chi connectivity index (χ1n) is 9.57. The van der Waals surface area contributed by atoms with Crippen LogP contribution in [0.1, 0.15) is 24.1 Å². The number of amides is 3. The highest BCUT2D eigenvalue weighted by molar-refractivity contribution is 7.10. The van der Waals surface area contributed by atoms with Crippen LogP contribution >= 0.6 is 11.3 Å². The van der Waals surface area contributed by atoms with Gasteiger partial charge in [-0.25, -0.2) is 0 Å². The van der Waals surface area contributed by atoms with Crippen molar-refractivity contribution in [3.8, 4) is 6.07 Å². The van der Waals surface area contributed by atoms with E-state index in [-0.39, 0.29) is 30.3 Å². The van der Waals surface area contributed by atoms with Crippen LogP contribution in [-0.2, 0) is 20.8 Å². The molecule has 9 heteroatoms. The molecule has 0 spiro atoms. The molecule has 2 N–H and O–H groups in total. The van der Waals surface area contributed by atoms with E-state index in [4.69, 9.17) is 11.0 Å². The van der Waals surface area contributed by atoms with Crippen molar-refractivity contribution in [2.75, 3.05) is 19.6 Å². The Hall–Kier alpha value is -2.44. The molecule has 1 aromatic heterocycles. The molecule has 0 aromatic carbocycles. The number of nitrogens with two attached hydrogens (primary N) is 1. The number of carbonyl (C=O) groups excluding carboxylic acids is 3. The van der Waals surface area contributed by atoms with Crippen LogP contribution in [0.5, 0.6) is 0 Å². The molecule has 4 heterocycles. The van der Waals surface area contributed by atoms with Crippen molar-refractivity contribution in [1.29, 1.82) is 5.26 Å². The van der Waals surface area contributed by atoms with E-state index < -0.39 is 18.1 Å². The summed E-state index contributed by atoms with van der Waals surface area (Å²) in [4.78, 5) is 43.8. The largest absolute Gasteiger partial charge is 0.334 e. The summed E-state index contributed by atoms with van der Waals surface area (Å²) in [5.41, 5.74) is 6.10. The topological polar surface area (TPSA) is 111 Å². The summed E-state index contributed by atoms with van der Waals surface area (Å²) < 4.78 is 0. The number of hydrogen-bond acceptors (Lipinski definition) is 6. The molecule has 3 fully saturated rings. The number of fused-ring (bicyclic) bond motifs is 2. The van der Waals surface area contributed by atoms with Crippen molar-refractivity contribution < 1.29 is 14.4 Å². The SMILES string of the molecule is N#C[C@@H]1CCCN1C(=O)[C@@H](N)CN1C(=O)[C@@H]2C[C@H]1CN2C(=O)Cc1cccs1. The zero-order valence-corrected chi connectivity index (χ0v) is 16.3.